The third kappa shape index (κ3) is 4.39. The number of ether oxygens (including phenoxy) is 2. The Hall–Kier alpha value is -3.71. The van der Waals surface area contributed by atoms with Crippen molar-refractivity contribution in [3.05, 3.63) is 77.9 Å². The maximum atomic E-state index is 13.1. The molecule has 7 heteroatoms. The Morgan fingerprint density at radius 2 is 1.83 bits per heavy atom. The predicted octanol–water partition coefficient (Wildman–Crippen LogP) is 6.12. The van der Waals surface area contributed by atoms with Crippen molar-refractivity contribution in [1.29, 1.82) is 0 Å². The minimum Gasteiger partial charge on any atom is -0.493 e. The predicted molar refractivity (Wildman–Crippen MR) is 134 cm³/mol. The fourth-order valence-electron chi connectivity index (χ4n) is 4.89. The van der Waals surface area contributed by atoms with Crippen LogP contribution in [0.1, 0.15) is 47.7 Å². The van der Waals surface area contributed by atoms with E-state index in [1.54, 1.807) is 26.4 Å². The number of fused-ring (bicyclic) bond motifs is 1. The number of hydrogen-bond acceptors (Lipinski definition) is 6. The van der Waals surface area contributed by atoms with Crippen LogP contribution in [0.4, 0.5) is 5.69 Å². The highest BCUT2D eigenvalue weighted by molar-refractivity contribution is 6.08. The lowest BCUT2D eigenvalue weighted by molar-refractivity contribution is 0.0995. The van der Waals surface area contributed by atoms with Crippen LogP contribution in [0.2, 0.25) is 0 Å². The molecule has 0 aliphatic carbocycles. The molecule has 0 saturated carbocycles. The molecule has 0 bridgehead atoms. The van der Waals surface area contributed by atoms with Gasteiger partial charge in [0.15, 0.2) is 23.0 Å². The lowest BCUT2D eigenvalue weighted by Crippen LogP contribution is -2.37. The molecule has 1 atom stereocenters. The van der Waals surface area contributed by atoms with Crippen molar-refractivity contribution >= 4 is 22.6 Å². The Morgan fingerprint density at radius 1 is 1.03 bits per heavy atom. The standard InChI is InChI=1S/C28H30N2O5/c1-18-13-15-30(16-14-18)25(20-9-6-11-22(32-2)26(20)33-3)27-24(19-8-4-5-10-21(19)35-27)29-28(31)23-12-7-17-34-23/h4-12,17-18,25H,13-16H2,1-3H3,(H,29,31)/t25-/m0/s1. The number of anilines is 1. The molecule has 1 N–H and O–H groups in total. The van der Waals surface area contributed by atoms with Crippen LogP contribution >= 0.6 is 0 Å². The number of methoxy groups -OCH3 is 2. The number of hydrogen-bond donors (Lipinski definition) is 1. The number of furan rings is 2. The summed E-state index contributed by atoms with van der Waals surface area (Å²) in [5, 5.41) is 3.91. The summed E-state index contributed by atoms with van der Waals surface area (Å²) in [6.45, 7) is 4.08. The minimum absolute atomic E-state index is 0.239. The second-order valence-corrected chi connectivity index (χ2v) is 8.97. The van der Waals surface area contributed by atoms with Crippen LogP contribution in [0, 0.1) is 5.92 Å². The molecule has 0 unspecified atom stereocenters. The second kappa shape index (κ2) is 9.88. The first-order valence-corrected chi connectivity index (χ1v) is 11.9. The molecule has 3 heterocycles. The number of carbonyl (C=O) groups is 1. The lowest BCUT2D eigenvalue weighted by Gasteiger charge is -2.37. The van der Waals surface area contributed by atoms with Crippen molar-refractivity contribution in [2.75, 3.05) is 32.6 Å². The molecular weight excluding hydrogens is 444 g/mol. The van der Waals surface area contributed by atoms with Gasteiger partial charge in [-0.1, -0.05) is 31.2 Å². The van der Waals surface area contributed by atoms with E-state index >= 15 is 0 Å². The van der Waals surface area contributed by atoms with Crippen LogP contribution in [0.15, 0.2) is 69.7 Å². The van der Waals surface area contributed by atoms with E-state index in [4.69, 9.17) is 18.3 Å². The van der Waals surface area contributed by atoms with Crippen LogP contribution in [0.5, 0.6) is 11.5 Å². The summed E-state index contributed by atoms with van der Waals surface area (Å²) in [5.41, 5.74) is 2.26. The molecule has 2 aromatic heterocycles. The van der Waals surface area contributed by atoms with Gasteiger partial charge in [0.05, 0.1) is 32.2 Å². The van der Waals surface area contributed by atoms with Gasteiger partial charge in [-0.05, 0) is 62.2 Å². The lowest BCUT2D eigenvalue weighted by atomic mass is 9.93. The summed E-state index contributed by atoms with van der Waals surface area (Å²) >= 11 is 0. The van der Waals surface area contributed by atoms with Crippen LogP contribution in [0.25, 0.3) is 11.0 Å². The molecule has 35 heavy (non-hydrogen) atoms. The largest absolute Gasteiger partial charge is 0.493 e. The highest BCUT2D eigenvalue weighted by Gasteiger charge is 2.35. The zero-order chi connectivity index (χ0) is 24.4. The molecule has 1 aliphatic rings. The van der Waals surface area contributed by atoms with Gasteiger partial charge in [-0.15, -0.1) is 0 Å². The number of amides is 1. The van der Waals surface area contributed by atoms with E-state index in [2.05, 4.69) is 17.1 Å². The van der Waals surface area contributed by atoms with Crippen molar-refractivity contribution in [3.63, 3.8) is 0 Å². The maximum Gasteiger partial charge on any atom is 0.291 e. The van der Waals surface area contributed by atoms with Crippen molar-refractivity contribution in [3.8, 4) is 11.5 Å². The molecule has 1 fully saturated rings. The van der Waals surface area contributed by atoms with Gasteiger partial charge < -0.3 is 23.6 Å². The number of para-hydroxylation sites is 2. The number of benzene rings is 2. The van der Waals surface area contributed by atoms with Gasteiger partial charge in [0.1, 0.15) is 5.58 Å². The topological polar surface area (TPSA) is 77.1 Å². The highest BCUT2D eigenvalue weighted by Crippen LogP contribution is 2.46. The SMILES string of the molecule is COc1cccc([C@@H](c2oc3ccccc3c2NC(=O)c2ccco2)N2CCC(C)CC2)c1OC. The Balaban J connectivity index is 1.69. The number of carbonyl (C=O) groups excluding carboxylic acids is 1. The van der Waals surface area contributed by atoms with Crippen LogP contribution in [0.3, 0.4) is 0 Å². The number of nitrogens with zero attached hydrogens (tertiary/aromatic N) is 1. The summed E-state index contributed by atoms with van der Waals surface area (Å²) in [6, 6.07) is 16.7. The van der Waals surface area contributed by atoms with E-state index < -0.39 is 0 Å². The summed E-state index contributed by atoms with van der Waals surface area (Å²) in [7, 11) is 3.28. The average Bonchev–Trinajstić information content (AvgIpc) is 3.54. The second-order valence-electron chi connectivity index (χ2n) is 8.97. The van der Waals surface area contributed by atoms with Gasteiger partial charge >= 0.3 is 0 Å². The van der Waals surface area contributed by atoms with Gasteiger partial charge in [-0.25, -0.2) is 0 Å². The van der Waals surface area contributed by atoms with Crippen molar-refractivity contribution in [1.82, 2.24) is 4.90 Å². The van der Waals surface area contributed by atoms with Gasteiger partial charge in [-0.2, -0.15) is 0 Å². The average molecular weight is 475 g/mol. The molecule has 1 aliphatic heterocycles. The first kappa shape index (κ1) is 23.1. The van der Waals surface area contributed by atoms with E-state index in [1.807, 2.05) is 42.5 Å². The summed E-state index contributed by atoms with van der Waals surface area (Å²) in [5.74, 6) is 2.54. The van der Waals surface area contributed by atoms with E-state index in [1.165, 1.54) is 6.26 Å². The number of piperidine rings is 1. The monoisotopic (exact) mass is 474 g/mol. The van der Waals surface area contributed by atoms with Gasteiger partial charge in [-0.3, -0.25) is 9.69 Å². The summed E-state index contributed by atoms with van der Waals surface area (Å²) in [6.07, 6.45) is 3.65. The molecule has 182 valence electrons. The minimum atomic E-state index is -0.327. The van der Waals surface area contributed by atoms with Crippen LogP contribution < -0.4 is 14.8 Å². The van der Waals surface area contributed by atoms with Gasteiger partial charge in [0.2, 0.25) is 0 Å². The smallest absolute Gasteiger partial charge is 0.291 e. The van der Waals surface area contributed by atoms with Crippen molar-refractivity contribution in [2.24, 2.45) is 5.92 Å². The Bertz CT molecular complexity index is 1300. The first-order chi connectivity index (χ1) is 17.1. The van der Waals surface area contributed by atoms with E-state index in [0.29, 0.717) is 34.4 Å². The van der Waals surface area contributed by atoms with E-state index in [9.17, 15) is 4.79 Å². The van der Waals surface area contributed by atoms with Crippen molar-refractivity contribution in [2.45, 2.75) is 25.8 Å². The molecule has 4 aromatic rings. The zero-order valence-electron chi connectivity index (χ0n) is 20.2. The fourth-order valence-corrected chi connectivity index (χ4v) is 4.89. The van der Waals surface area contributed by atoms with Crippen LogP contribution in [-0.2, 0) is 0 Å². The molecule has 7 nitrogen and oxygen atoms in total. The third-order valence-electron chi connectivity index (χ3n) is 6.77. The number of likely N-dealkylation sites (tertiary alicyclic amines) is 1. The molecule has 2 aromatic carbocycles. The maximum absolute atomic E-state index is 13.1. The van der Waals surface area contributed by atoms with E-state index in [0.717, 1.165) is 36.9 Å². The first-order valence-electron chi connectivity index (χ1n) is 11.9. The summed E-state index contributed by atoms with van der Waals surface area (Å²) in [4.78, 5) is 15.5. The fraction of sp³-hybridized carbons (Fsp3) is 0.321. The van der Waals surface area contributed by atoms with Gasteiger partial charge in [0.25, 0.3) is 5.91 Å². The van der Waals surface area contributed by atoms with Gasteiger partial charge in [0, 0.05) is 10.9 Å². The molecule has 5 rings (SSSR count). The Labute approximate surface area is 204 Å². The number of rotatable bonds is 7. The summed E-state index contributed by atoms with van der Waals surface area (Å²) < 4.78 is 23.3. The molecule has 0 radical (unpaired) electrons. The molecule has 1 amide bonds. The normalized spacial score (nSPS) is 15.7. The molecular formula is C28H30N2O5. The van der Waals surface area contributed by atoms with Crippen LogP contribution in [-0.4, -0.2) is 38.1 Å². The zero-order valence-corrected chi connectivity index (χ0v) is 20.2. The third-order valence-corrected chi connectivity index (χ3v) is 6.77. The van der Waals surface area contributed by atoms with E-state index in [-0.39, 0.29) is 17.7 Å². The molecule has 1 saturated heterocycles. The highest BCUT2D eigenvalue weighted by atomic mass is 16.5. The number of nitrogens with one attached hydrogen (secondary N) is 1. The Kier molecular flexibility index (Phi) is 6.51. The quantitative estimate of drug-likeness (QED) is 0.348. The Morgan fingerprint density at radius 3 is 2.54 bits per heavy atom. The van der Waals surface area contributed by atoms with Crippen molar-refractivity contribution < 1.29 is 23.1 Å². The molecule has 0 spiro atoms.